The lowest BCUT2D eigenvalue weighted by Gasteiger charge is -2.06. The molecule has 0 atom stereocenters. The fourth-order valence-corrected chi connectivity index (χ4v) is 3.40. The van der Waals surface area contributed by atoms with Crippen molar-refractivity contribution in [3.8, 4) is 11.6 Å². The number of hydrogen-bond acceptors (Lipinski definition) is 4. The van der Waals surface area contributed by atoms with E-state index in [0.717, 1.165) is 27.7 Å². The van der Waals surface area contributed by atoms with Gasteiger partial charge in [-0.3, -0.25) is 9.79 Å². The van der Waals surface area contributed by atoms with Gasteiger partial charge in [0.25, 0.3) is 0 Å². The molecule has 0 aliphatic rings. The predicted octanol–water partition coefficient (Wildman–Crippen LogP) is 4.88. The van der Waals surface area contributed by atoms with Gasteiger partial charge < -0.3 is 20.5 Å². The molecule has 0 spiro atoms. The number of nitrogens with zero attached hydrogens (tertiary/aromatic N) is 1. The standard InChI is InChI=1S/C24H21N3O3/c1-15(28)26-19-6-2-4-16(11-19)10-17-8-9-23-21(12-17)22(24(30)27-23)14-25-18-5-3-7-20(29)13-18/h2-9,11-14,27,29-30H,10H2,1H3,(H,26,28). The van der Waals surface area contributed by atoms with E-state index in [0.29, 0.717) is 17.7 Å². The van der Waals surface area contributed by atoms with Crippen molar-refractivity contribution in [1.82, 2.24) is 4.98 Å². The van der Waals surface area contributed by atoms with Crippen LogP contribution < -0.4 is 5.32 Å². The van der Waals surface area contributed by atoms with Crippen molar-refractivity contribution in [2.45, 2.75) is 13.3 Å². The molecule has 150 valence electrons. The normalized spacial score (nSPS) is 11.2. The Morgan fingerprint density at radius 1 is 1.03 bits per heavy atom. The molecule has 0 saturated carbocycles. The zero-order chi connectivity index (χ0) is 21.1. The van der Waals surface area contributed by atoms with Crippen LogP contribution in [0.2, 0.25) is 0 Å². The van der Waals surface area contributed by atoms with E-state index in [1.807, 2.05) is 42.5 Å². The summed E-state index contributed by atoms with van der Waals surface area (Å²) in [4.78, 5) is 18.6. The number of anilines is 1. The molecule has 0 aliphatic heterocycles. The maximum absolute atomic E-state index is 11.3. The molecule has 0 unspecified atom stereocenters. The van der Waals surface area contributed by atoms with Gasteiger partial charge in [-0.2, -0.15) is 0 Å². The summed E-state index contributed by atoms with van der Waals surface area (Å²) in [6, 6.07) is 20.3. The summed E-state index contributed by atoms with van der Waals surface area (Å²) < 4.78 is 0. The second-order valence-electron chi connectivity index (χ2n) is 7.10. The molecule has 1 heterocycles. The van der Waals surface area contributed by atoms with E-state index in [-0.39, 0.29) is 17.5 Å². The first-order chi connectivity index (χ1) is 14.5. The average Bonchev–Trinajstić information content (AvgIpc) is 3.01. The van der Waals surface area contributed by atoms with Crippen molar-refractivity contribution in [2.24, 2.45) is 4.99 Å². The maximum atomic E-state index is 11.3. The highest BCUT2D eigenvalue weighted by molar-refractivity contribution is 6.02. The van der Waals surface area contributed by atoms with Crippen LogP contribution >= 0.6 is 0 Å². The highest BCUT2D eigenvalue weighted by Crippen LogP contribution is 2.28. The number of benzene rings is 3. The minimum atomic E-state index is -0.105. The van der Waals surface area contributed by atoms with Gasteiger partial charge in [0.2, 0.25) is 5.91 Å². The van der Waals surface area contributed by atoms with Gasteiger partial charge in [0.15, 0.2) is 5.88 Å². The summed E-state index contributed by atoms with van der Waals surface area (Å²) in [6.07, 6.45) is 2.27. The Morgan fingerprint density at radius 2 is 1.83 bits per heavy atom. The summed E-state index contributed by atoms with van der Waals surface area (Å²) in [5.74, 6) is 0.0716. The number of hydrogen-bond donors (Lipinski definition) is 4. The van der Waals surface area contributed by atoms with Crippen molar-refractivity contribution in [1.29, 1.82) is 0 Å². The SMILES string of the molecule is CC(=O)Nc1cccc(Cc2ccc3[nH]c(O)c(C=Nc4cccc(O)c4)c3c2)c1. The van der Waals surface area contributed by atoms with E-state index in [1.165, 1.54) is 6.92 Å². The fraction of sp³-hybridized carbons (Fsp3) is 0.0833. The van der Waals surface area contributed by atoms with Gasteiger partial charge in [-0.25, -0.2) is 0 Å². The summed E-state index contributed by atoms with van der Waals surface area (Å²) in [6.45, 7) is 1.48. The van der Waals surface area contributed by atoms with Crippen molar-refractivity contribution in [3.05, 3.63) is 83.4 Å². The van der Waals surface area contributed by atoms with Gasteiger partial charge in [-0.05, 0) is 53.9 Å². The zero-order valence-electron chi connectivity index (χ0n) is 16.4. The third-order valence-corrected chi connectivity index (χ3v) is 4.71. The lowest BCUT2D eigenvalue weighted by Crippen LogP contribution is -2.05. The first-order valence-corrected chi connectivity index (χ1v) is 9.51. The number of aromatic hydroxyl groups is 2. The van der Waals surface area contributed by atoms with E-state index in [1.54, 1.807) is 30.5 Å². The molecule has 4 rings (SSSR count). The van der Waals surface area contributed by atoms with Crippen molar-refractivity contribution < 1.29 is 15.0 Å². The number of aromatic nitrogens is 1. The Hall–Kier alpha value is -4.06. The molecular formula is C24H21N3O3. The third kappa shape index (κ3) is 4.33. The molecule has 3 aromatic carbocycles. The van der Waals surface area contributed by atoms with Crippen LogP contribution in [-0.2, 0) is 11.2 Å². The van der Waals surface area contributed by atoms with Crippen LogP contribution in [0.4, 0.5) is 11.4 Å². The molecule has 30 heavy (non-hydrogen) atoms. The molecule has 0 saturated heterocycles. The lowest BCUT2D eigenvalue weighted by molar-refractivity contribution is -0.114. The van der Waals surface area contributed by atoms with Gasteiger partial charge in [0.1, 0.15) is 5.75 Å². The quantitative estimate of drug-likeness (QED) is 0.360. The summed E-state index contributed by atoms with van der Waals surface area (Å²) >= 11 is 0. The van der Waals surface area contributed by atoms with E-state index < -0.39 is 0 Å². The molecule has 1 aromatic heterocycles. The minimum Gasteiger partial charge on any atom is -0.508 e. The van der Waals surface area contributed by atoms with Crippen LogP contribution in [0.25, 0.3) is 10.9 Å². The molecule has 4 aromatic rings. The van der Waals surface area contributed by atoms with Crippen LogP contribution in [0.3, 0.4) is 0 Å². The molecular weight excluding hydrogens is 378 g/mol. The number of H-pyrrole nitrogens is 1. The van der Waals surface area contributed by atoms with E-state index in [4.69, 9.17) is 0 Å². The van der Waals surface area contributed by atoms with Crippen LogP contribution in [0.15, 0.2) is 71.7 Å². The van der Waals surface area contributed by atoms with Gasteiger partial charge in [0.05, 0.1) is 11.3 Å². The number of carbonyl (C=O) groups excluding carboxylic acids is 1. The van der Waals surface area contributed by atoms with Gasteiger partial charge in [-0.15, -0.1) is 0 Å². The lowest BCUT2D eigenvalue weighted by atomic mass is 10.0. The zero-order valence-corrected chi connectivity index (χ0v) is 16.4. The second-order valence-corrected chi connectivity index (χ2v) is 7.10. The number of aromatic amines is 1. The first kappa shape index (κ1) is 19.3. The monoisotopic (exact) mass is 399 g/mol. The summed E-state index contributed by atoms with van der Waals surface area (Å²) in [5.41, 5.74) is 4.88. The molecule has 0 fully saturated rings. The number of amides is 1. The number of rotatable bonds is 5. The molecule has 4 N–H and O–H groups in total. The van der Waals surface area contributed by atoms with Crippen LogP contribution in [-0.4, -0.2) is 27.3 Å². The molecule has 1 amide bonds. The van der Waals surface area contributed by atoms with Crippen molar-refractivity contribution >= 4 is 34.4 Å². The van der Waals surface area contributed by atoms with Gasteiger partial charge >= 0.3 is 0 Å². The maximum Gasteiger partial charge on any atom is 0.221 e. The number of phenols is 1. The molecule has 0 radical (unpaired) electrons. The predicted molar refractivity (Wildman–Crippen MR) is 119 cm³/mol. The molecule has 0 aliphatic carbocycles. The van der Waals surface area contributed by atoms with E-state index in [2.05, 4.69) is 15.3 Å². The molecule has 6 nitrogen and oxygen atoms in total. The minimum absolute atomic E-state index is 0.0405. The van der Waals surface area contributed by atoms with Crippen molar-refractivity contribution in [3.63, 3.8) is 0 Å². The smallest absolute Gasteiger partial charge is 0.221 e. The Balaban J connectivity index is 1.64. The Morgan fingerprint density at radius 3 is 2.63 bits per heavy atom. The second kappa shape index (κ2) is 8.13. The number of nitrogens with one attached hydrogen (secondary N) is 2. The number of phenolic OH excluding ortho intramolecular Hbond substituents is 1. The third-order valence-electron chi connectivity index (χ3n) is 4.71. The fourth-order valence-electron chi connectivity index (χ4n) is 3.40. The highest BCUT2D eigenvalue weighted by atomic mass is 16.3. The van der Waals surface area contributed by atoms with Gasteiger partial charge in [-0.1, -0.05) is 24.3 Å². The van der Waals surface area contributed by atoms with E-state index in [9.17, 15) is 15.0 Å². The number of fused-ring (bicyclic) bond motifs is 1. The number of aliphatic imine (C=N–C) groups is 1. The molecule has 0 bridgehead atoms. The van der Waals surface area contributed by atoms with Gasteiger partial charge in [0, 0.05) is 35.8 Å². The number of carbonyl (C=O) groups is 1. The van der Waals surface area contributed by atoms with Crippen molar-refractivity contribution in [2.75, 3.05) is 5.32 Å². The van der Waals surface area contributed by atoms with Crippen LogP contribution in [0.5, 0.6) is 11.6 Å². The highest BCUT2D eigenvalue weighted by Gasteiger charge is 2.10. The average molecular weight is 399 g/mol. The Labute approximate surface area is 173 Å². The summed E-state index contributed by atoms with van der Waals surface area (Å²) in [5, 5.41) is 23.6. The Bertz CT molecular complexity index is 1260. The van der Waals surface area contributed by atoms with Crippen LogP contribution in [0, 0.1) is 0 Å². The summed E-state index contributed by atoms with van der Waals surface area (Å²) in [7, 11) is 0. The largest absolute Gasteiger partial charge is 0.508 e. The first-order valence-electron chi connectivity index (χ1n) is 9.51. The van der Waals surface area contributed by atoms with Crippen LogP contribution in [0.1, 0.15) is 23.6 Å². The topological polar surface area (TPSA) is 97.7 Å². The Kier molecular flexibility index (Phi) is 5.22. The molecule has 6 heteroatoms. The van der Waals surface area contributed by atoms with E-state index >= 15 is 0 Å².